The second-order valence-corrected chi connectivity index (χ2v) is 4.39. The third-order valence-corrected chi connectivity index (χ3v) is 3.08. The van der Waals surface area contributed by atoms with E-state index in [0.717, 1.165) is 13.1 Å². The standard InChI is InChI=1S/C13H17FN2O2/c14-11-4-2-1-3-10(11)9-12(17)13(18)16-7-5-15-6-8-16/h1-4,12,15,17H,5-9H2. The molecule has 1 aliphatic rings. The van der Waals surface area contributed by atoms with Crippen LogP contribution in [0.5, 0.6) is 0 Å². The number of rotatable bonds is 3. The van der Waals surface area contributed by atoms with E-state index < -0.39 is 6.10 Å². The number of amides is 1. The Hall–Kier alpha value is -1.46. The first-order chi connectivity index (χ1) is 8.68. The van der Waals surface area contributed by atoms with E-state index in [9.17, 15) is 14.3 Å². The number of carbonyl (C=O) groups is 1. The highest BCUT2D eigenvalue weighted by atomic mass is 19.1. The summed E-state index contributed by atoms with van der Waals surface area (Å²) in [6.45, 7) is 2.65. The molecule has 1 fully saturated rings. The van der Waals surface area contributed by atoms with Crippen LogP contribution >= 0.6 is 0 Å². The quantitative estimate of drug-likeness (QED) is 0.806. The largest absolute Gasteiger partial charge is 0.383 e. The van der Waals surface area contributed by atoms with Crippen LogP contribution in [-0.4, -0.2) is 48.2 Å². The molecule has 1 aliphatic heterocycles. The summed E-state index contributed by atoms with van der Waals surface area (Å²) in [6, 6.07) is 6.20. The van der Waals surface area contributed by atoms with Crippen LogP contribution in [0.1, 0.15) is 5.56 Å². The van der Waals surface area contributed by atoms with E-state index in [1.165, 1.54) is 6.07 Å². The van der Waals surface area contributed by atoms with Crippen LogP contribution in [0.15, 0.2) is 24.3 Å². The summed E-state index contributed by atoms with van der Waals surface area (Å²) in [7, 11) is 0. The van der Waals surface area contributed by atoms with Crippen molar-refractivity contribution < 1.29 is 14.3 Å². The van der Waals surface area contributed by atoms with Gasteiger partial charge in [0.05, 0.1) is 0 Å². The fourth-order valence-corrected chi connectivity index (χ4v) is 2.06. The molecule has 1 saturated heterocycles. The maximum atomic E-state index is 13.4. The lowest BCUT2D eigenvalue weighted by Crippen LogP contribution is -2.50. The zero-order valence-corrected chi connectivity index (χ0v) is 10.1. The predicted octanol–water partition coefficient (Wildman–Crippen LogP) is 0.161. The zero-order chi connectivity index (χ0) is 13.0. The van der Waals surface area contributed by atoms with Crippen LogP contribution < -0.4 is 5.32 Å². The highest BCUT2D eigenvalue weighted by Gasteiger charge is 2.24. The van der Waals surface area contributed by atoms with Crippen molar-refractivity contribution in [1.29, 1.82) is 0 Å². The van der Waals surface area contributed by atoms with E-state index >= 15 is 0 Å². The smallest absolute Gasteiger partial charge is 0.251 e. The van der Waals surface area contributed by atoms with Crippen LogP contribution in [0.4, 0.5) is 4.39 Å². The molecule has 1 aromatic carbocycles. The van der Waals surface area contributed by atoms with Crippen LogP contribution in [0, 0.1) is 5.82 Å². The number of benzene rings is 1. The molecule has 0 aromatic heterocycles. The number of hydrogen-bond donors (Lipinski definition) is 2. The topological polar surface area (TPSA) is 52.6 Å². The lowest BCUT2D eigenvalue weighted by atomic mass is 10.1. The molecule has 1 heterocycles. The van der Waals surface area contributed by atoms with Gasteiger partial charge < -0.3 is 15.3 Å². The zero-order valence-electron chi connectivity index (χ0n) is 10.1. The molecular weight excluding hydrogens is 235 g/mol. The van der Waals surface area contributed by atoms with Crippen molar-refractivity contribution in [2.75, 3.05) is 26.2 Å². The van der Waals surface area contributed by atoms with E-state index in [1.807, 2.05) is 0 Å². The summed E-state index contributed by atoms with van der Waals surface area (Å²) in [4.78, 5) is 13.6. The number of carbonyl (C=O) groups excluding carboxylic acids is 1. The van der Waals surface area contributed by atoms with Gasteiger partial charge in [-0.15, -0.1) is 0 Å². The SMILES string of the molecule is O=C(C(O)Cc1ccccc1F)N1CCNCC1. The molecule has 1 aromatic rings. The molecule has 0 spiro atoms. The Kier molecular flexibility index (Phi) is 4.28. The lowest BCUT2D eigenvalue weighted by molar-refractivity contribution is -0.140. The minimum absolute atomic E-state index is 0.0232. The van der Waals surface area contributed by atoms with Crippen molar-refractivity contribution in [2.24, 2.45) is 0 Å². The van der Waals surface area contributed by atoms with Crippen molar-refractivity contribution in [3.63, 3.8) is 0 Å². The molecule has 2 N–H and O–H groups in total. The van der Waals surface area contributed by atoms with Gasteiger partial charge in [-0.2, -0.15) is 0 Å². The number of nitrogens with one attached hydrogen (secondary N) is 1. The maximum absolute atomic E-state index is 13.4. The fourth-order valence-electron chi connectivity index (χ4n) is 2.06. The molecule has 18 heavy (non-hydrogen) atoms. The van der Waals surface area contributed by atoms with Gasteiger partial charge >= 0.3 is 0 Å². The Morgan fingerprint density at radius 2 is 2.06 bits per heavy atom. The van der Waals surface area contributed by atoms with E-state index in [0.29, 0.717) is 18.7 Å². The molecule has 1 atom stereocenters. The molecule has 0 saturated carbocycles. The number of piperazine rings is 1. The number of halogens is 1. The third kappa shape index (κ3) is 3.05. The number of aliphatic hydroxyl groups excluding tert-OH is 1. The van der Waals surface area contributed by atoms with Crippen molar-refractivity contribution in [1.82, 2.24) is 10.2 Å². The molecule has 1 amide bonds. The van der Waals surface area contributed by atoms with Gasteiger partial charge in [0.15, 0.2) is 0 Å². The van der Waals surface area contributed by atoms with Gasteiger partial charge in [0.25, 0.3) is 5.91 Å². The molecular formula is C13H17FN2O2. The molecule has 4 nitrogen and oxygen atoms in total. The maximum Gasteiger partial charge on any atom is 0.251 e. The van der Waals surface area contributed by atoms with E-state index in [-0.39, 0.29) is 18.1 Å². The van der Waals surface area contributed by atoms with Gasteiger partial charge in [-0.05, 0) is 11.6 Å². The summed E-state index contributed by atoms with van der Waals surface area (Å²) < 4.78 is 13.4. The van der Waals surface area contributed by atoms with Crippen LogP contribution in [-0.2, 0) is 11.2 Å². The van der Waals surface area contributed by atoms with Crippen molar-refractivity contribution in [3.05, 3.63) is 35.6 Å². The Bertz CT molecular complexity index is 419. The number of hydrogen-bond acceptors (Lipinski definition) is 3. The lowest BCUT2D eigenvalue weighted by Gasteiger charge is -2.29. The first kappa shape index (κ1) is 13.0. The fraction of sp³-hybridized carbons (Fsp3) is 0.462. The summed E-state index contributed by atoms with van der Waals surface area (Å²) in [5, 5.41) is 13.0. The van der Waals surface area contributed by atoms with Gasteiger partial charge in [0, 0.05) is 32.6 Å². The second kappa shape index (κ2) is 5.93. The van der Waals surface area contributed by atoms with Gasteiger partial charge in [-0.1, -0.05) is 18.2 Å². The Morgan fingerprint density at radius 3 is 2.72 bits per heavy atom. The Morgan fingerprint density at radius 1 is 1.39 bits per heavy atom. The van der Waals surface area contributed by atoms with Crippen LogP contribution in [0.3, 0.4) is 0 Å². The number of nitrogens with zero attached hydrogens (tertiary/aromatic N) is 1. The van der Waals surface area contributed by atoms with Gasteiger partial charge in [0.1, 0.15) is 11.9 Å². The molecule has 1 unspecified atom stereocenters. The summed E-state index contributed by atoms with van der Waals surface area (Å²) in [5.41, 5.74) is 0.369. The van der Waals surface area contributed by atoms with Crippen LogP contribution in [0.25, 0.3) is 0 Å². The van der Waals surface area contributed by atoms with E-state index in [2.05, 4.69) is 5.32 Å². The molecule has 0 bridgehead atoms. The van der Waals surface area contributed by atoms with Gasteiger partial charge in [-0.3, -0.25) is 4.79 Å². The second-order valence-electron chi connectivity index (χ2n) is 4.39. The summed E-state index contributed by atoms with van der Waals surface area (Å²) >= 11 is 0. The summed E-state index contributed by atoms with van der Waals surface area (Å²) in [6.07, 6.45) is -1.14. The molecule has 98 valence electrons. The van der Waals surface area contributed by atoms with Crippen molar-refractivity contribution in [3.8, 4) is 0 Å². The summed E-state index contributed by atoms with van der Waals surface area (Å²) in [5.74, 6) is -0.704. The third-order valence-electron chi connectivity index (χ3n) is 3.08. The first-order valence-electron chi connectivity index (χ1n) is 6.09. The minimum atomic E-state index is -1.17. The van der Waals surface area contributed by atoms with E-state index in [1.54, 1.807) is 23.1 Å². The van der Waals surface area contributed by atoms with Gasteiger partial charge in [0.2, 0.25) is 0 Å². The average molecular weight is 252 g/mol. The Labute approximate surface area is 105 Å². The van der Waals surface area contributed by atoms with Crippen LogP contribution in [0.2, 0.25) is 0 Å². The molecule has 0 radical (unpaired) electrons. The highest BCUT2D eigenvalue weighted by molar-refractivity contribution is 5.81. The van der Waals surface area contributed by atoms with Crippen molar-refractivity contribution >= 4 is 5.91 Å². The molecule has 0 aliphatic carbocycles. The normalized spacial score (nSPS) is 17.6. The van der Waals surface area contributed by atoms with Crippen molar-refractivity contribution in [2.45, 2.75) is 12.5 Å². The molecule has 2 rings (SSSR count). The van der Waals surface area contributed by atoms with Gasteiger partial charge in [-0.25, -0.2) is 4.39 Å². The highest BCUT2D eigenvalue weighted by Crippen LogP contribution is 2.10. The number of aliphatic hydroxyl groups is 1. The first-order valence-corrected chi connectivity index (χ1v) is 6.09. The Balaban J connectivity index is 1.96. The molecule has 5 heteroatoms. The van der Waals surface area contributed by atoms with E-state index in [4.69, 9.17) is 0 Å². The average Bonchev–Trinajstić information content (AvgIpc) is 2.41. The minimum Gasteiger partial charge on any atom is -0.383 e. The predicted molar refractivity (Wildman–Crippen MR) is 65.6 cm³/mol. The monoisotopic (exact) mass is 252 g/mol.